The van der Waals surface area contributed by atoms with Gasteiger partial charge in [-0.05, 0) is 49.1 Å². The molecule has 20 heavy (non-hydrogen) atoms. The van der Waals surface area contributed by atoms with Gasteiger partial charge in [0.15, 0.2) is 0 Å². The fraction of sp³-hybridized carbons (Fsp3) is 0.600. The van der Waals surface area contributed by atoms with Crippen LogP contribution in [0.15, 0.2) is 12.1 Å². The van der Waals surface area contributed by atoms with Crippen LogP contribution < -0.4 is 10.6 Å². The van der Waals surface area contributed by atoms with Gasteiger partial charge < -0.3 is 10.6 Å². The molecule has 2 aliphatic carbocycles. The molecule has 0 aliphatic heterocycles. The van der Waals surface area contributed by atoms with Gasteiger partial charge in [0.25, 0.3) is 5.91 Å². The Hall–Kier alpha value is -1.29. The molecule has 1 aromatic rings. The zero-order chi connectivity index (χ0) is 14.1. The minimum Gasteiger partial charge on any atom is -0.373 e. The molecule has 1 heterocycles. The van der Waals surface area contributed by atoms with Gasteiger partial charge in [-0.3, -0.25) is 4.79 Å². The van der Waals surface area contributed by atoms with Crippen LogP contribution in [0.25, 0.3) is 0 Å². The Morgan fingerprint density at radius 2 is 2.25 bits per heavy atom. The zero-order valence-corrected chi connectivity index (χ0v) is 12.4. The first kappa shape index (κ1) is 13.7. The first-order valence-corrected chi connectivity index (χ1v) is 7.67. The number of nitrogens with one attached hydrogen (secondary N) is 2. The second-order valence-corrected chi connectivity index (χ2v) is 6.33. The molecule has 0 radical (unpaired) electrons. The molecule has 0 saturated heterocycles. The van der Waals surface area contributed by atoms with E-state index in [0.29, 0.717) is 22.5 Å². The van der Waals surface area contributed by atoms with Crippen molar-refractivity contribution in [2.75, 3.05) is 18.9 Å². The van der Waals surface area contributed by atoms with Crippen LogP contribution in [0.3, 0.4) is 0 Å². The van der Waals surface area contributed by atoms with Crippen molar-refractivity contribution < 1.29 is 4.79 Å². The molecule has 4 nitrogen and oxygen atoms in total. The lowest BCUT2D eigenvalue weighted by molar-refractivity contribution is 0.0937. The van der Waals surface area contributed by atoms with E-state index in [-0.39, 0.29) is 5.91 Å². The number of hydrogen-bond donors (Lipinski definition) is 2. The van der Waals surface area contributed by atoms with Crippen molar-refractivity contribution in [2.45, 2.75) is 25.7 Å². The number of nitrogens with zero attached hydrogens (tertiary/aromatic N) is 1. The number of carbonyl (C=O) groups excluding carboxylic acids is 1. The first-order chi connectivity index (χ1) is 9.67. The molecular weight excluding hydrogens is 274 g/mol. The molecule has 5 heteroatoms. The van der Waals surface area contributed by atoms with Crippen molar-refractivity contribution in [3.05, 3.63) is 22.8 Å². The lowest BCUT2D eigenvalue weighted by Crippen LogP contribution is -2.32. The molecule has 2 aliphatic rings. The van der Waals surface area contributed by atoms with Gasteiger partial charge in [0, 0.05) is 13.6 Å². The van der Waals surface area contributed by atoms with Gasteiger partial charge in [-0.1, -0.05) is 18.0 Å². The normalized spacial score (nSPS) is 27.6. The fourth-order valence-electron chi connectivity index (χ4n) is 3.67. The lowest BCUT2D eigenvalue weighted by Gasteiger charge is -2.21. The van der Waals surface area contributed by atoms with E-state index >= 15 is 0 Å². The second kappa shape index (κ2) is 5.60. The smallest absolute Gasteiger partial charge is 0.271 e. The summed E-state index contributed by atoms with van der Waals surface area (Å²) in [7, 11) is 1.77. The molecule has 0 aromatic carbocycles. The van der Waals surface area contributed by atoms with Crippen LogP contribution in [-0.2, 0) is 0 Å². The molecule has 1 aromatic heterocycles. The SMILES string of the molecule is CNc1ccc(Cl)c(C(=O)NCC2CC3CCC2C3)n1. The highest BCUT2D eigenvalue weighted by atomic mass is 35.5. The molecular formula is C15H20ClN3O. The van der Waals surface area contributed by atoms with E-state index in [1.807, 2.05) is 0 Å². The van der Waals surface area contributed by atoms with Crippen molar-refractivity contribution in [2.24, 2.45) is 17.8 Å². The topological polar surface area (TPSA) is 54.0 Å². The Balaban J connectivity index is 1.61. The van der Waals surface area contributed by atoms with E-state index < -0.39 is 0 Å². The maximum absolute atomic E-state index is 12.2. The molecule has 2 fully saturated rings. The van der Waals surface area contributed by atoms with Gasteiger partial charge in [-0.15, -0.1) is 0 Å². The molecule has 3 unspecified atom stereocenters. The predicted molar refractivity (Wildman–Crippen MR) is 80.1 cm³/mol. The van der Waals surface area contributed by atoms with Crippen molar-refractivity contribution in [3.63, 3.8) is 0 Å². The molecule has 2 N–H and O–H groups in total. The Kier molecular flexibility index (Phi) is 3.83. The van der Waals surface area contributed by atoms with Crippen LogP contribution in [0.5, 0.6) is 0 Å². The molecule has 1 amide bonds. The summed E-state index contributed by atoms with van der Waals surface area (Å²) in [4.78, 5) is 16.4. The van der Waals surface area contributed by atoms with Crippen LogP contribution in [-0.4, -0.2) is 24.5 Å². The number of hydrogen-bond acceptors (Lipinski definition) is 3. The van der Waals surface area contributed by atoms with Crippen molar-refractivity contribution in [3.8, 4) is 0 Å². The number of carbonyl (C=O) groups is 1. The Labute approximate surface area is 124 Å². The summed E-state index contributed by atoms with van der Waals surface area (Å²) in [5.41, 5.74) is 0.307. The summed E-state index contributed by atoms with van der Waals surface area (Å²) in [6, 6.07) is 3.46. The fourth-order valence-corrected chi connectivity index (χ4v) is 3.87. The minimum atomic E-state index is -0.171. The number of aromatic nitrogens is 1. The van der Waals surface area contributed by atoms with Gasteiger partial charge in [0.05, 0.1) is 5.02 Å². The largest absolute Gasteiger partial charge is 0.373 e. The summed E-state index contributed by atoms with van der Waals surface area (Å²) < 4.78 is 0. The first-order valence-electron chi connectivity index (χ1n) is 7.30. The molecule has 2 saturated carbocycles. The van der Waals surface area contributed by atoms with Gasteiger partial charge in [0.2, 0.25) is 0 Å². The van der Waals surface area contributed by atoms with Crippen LogP contribution in [0.1, 0.15) is 36.2 Å². The highest BCUT2D eigenvalue weighted by Gasteiger charge is 2.39. The van der Waals surface area contributed by atoms with Crippen molar-refractivity contribution in [1.29, 1.82) is 0 Å². The lowest BCUT2D eigenvalue weighted by atomic mass is 9.89. The number of anilines is 1. The third kappa shape index (κ3) is 2.62. The average Bonchev–Trinajstić information content (AvgIpc) is 3.07. The summed E-state index contributed by atoms with van der Waals surface area (Å²) >= 11 is 6.06. The van der Waals surface area contributed by atoms with E-state index in [1.165, 1.54) is 25.7 Å². The Morgan fingerprint density at radius 1 is 1.40 bits per heavy atom. The van der Waals surface area contributed by atoms with Crippen LogP contribution in [0, 0.1) is 17.8 Å². The average molecular weight is 294 g/mol. The van der Waals surface area contributed by atoms with Gasteiger partial charge >= 0.3 is 0 Å². The molecule has 0 spiro atoms. The van der Waals surface area contributed by atoms with Gasteiger partial charge in [-0.2, -0.15) is 0 Å². The third-order valence-corrected chi connectivity index (χ3v) is 5.03. The monoisotopic (exact) mass is 293 g/mol. The Bertz CT molecular complexity index is 520. The summed E-state index contributed by atoms with van der Waals surface area (Å²) in [5, 5.41) is 6.32. The van der Waals surface area contributed by atoms with Crippen molar-refractivity contribution >= 4 is 23.3 Å². The number of rotatable bonds is 4. The molecule has 3 atom stereocenters. The quantitative estimate of drug-likeness (QED) is 0.897. The highest BCUT2D eigenvalue weighted by Crippen LogP contribution is 2.47. The molecule has 3 rings (SSSR count). The van der Waals surface area contributed by atoms with Crippen LogP contribution >= 0.6 is 11.6 Å². The molecule has 2 bridgehead atoms. The second-order valence-electron chi connectivity index (χ2n) is 5.92. The van der Waals surface area contributed by atoms with E-state index in [1.54, 1.807) is 19.2 Å². The minimum absolute atomic E-state index is 0.171. The number of amides is 1. The summed E-state index contributed by atoms with van der Waals surface area (Å²) in [6.45, 7) is 0.752. The van der Waals surface area contributed by atoms with Gasteiger partial charge in [-0.25, -0.2) is 4.98 Å². The van der Waals surface area contributed by atoms with E-state index in [9.17, 15) is 4.79 Å². The maximum atomic E-state index is 12.2. The predicted octanol–water partition coefficient (Wildman–Crippen LogP) is 2.94. The number of fused-ring (bicyclic) bond motifs is 2. The van der Waals surface area contributed by atoms with Crippen LogP contribution in [0.4, 0.5) is 5.82 Å². The van der Waals surface area contributed by atoms with E-state index in [0.717, 1.165) is 18.4 Å². The van der Waals surface area contributed by atoms with Gasteiger partial charge in [0.1, 0.15) is 11.5 Å². The molecule has 108 valence electrons. The zero-order valence-electron chi connectivity index (χ0n) is 11.7. The van der Waals surface area contributed by atoms with E-state index in [4.69, 9.17) is 11.6 Å². The number of halogens is 1. The van der Waals surface area contributed by atoms with Crippen LogP contribution in [0.2, 0.25) is 5.02 Å². The highest BCUT2D eigenvalue weighted by molar-refractivity contribution is 6.33. The number of pyridine rings is 1. The summed E-state index contributed by atoms with van der Waals surface area (Å²) in [5.74, 6) is 2.84. The maximum Gasteiger partial charge on any atom is 0.271 e. The third-order valence-electron chi connectivity index (χ3n) is 4.73. The standard InChI is InChI=1S/C15H20ClN3O/c1-17-13-5-4-12(16)14(19-13)15(20)18-8-11-7-9-2-3-10(11)6-9/h4-5,9-11H,2-3,6-8H2,1H3,(H,17,19)(H,18,20). The van der Waals surface area contributed by atoms with E-state index in [2.05, 4.69) is 15.6 Å². The Morgan fingerprint density at radius 3 is 2.90 bits per heavy atom. The van der Waals surface area contributed by atoms with Crippen molar-refractivity contribution in [1.82, 2.24) is 10.3 Å². The summed E-state index contributed by atoms with van der Waals surface area (Å²) in [6.07, 6.45) is 5.34.